The summed E-state index contributed by atoms with van der Waals surface area (Å²) >= 11 is 0. The number of amides is 4. The first-order valence-electron chi connectivity index (χ1n) is 8.55. The van der Waals surface area contributed by atoms with Crippen molar-refractivity contribution in [2.24, 2.45) is 0 Å². The Balaban J connectivity index is 1.67. The van der Waals surface area contributed by atoms with Crippen molar-refractivity contribution in [1.29, 1.82) is 0 Å². The average molecular weight is 344 g/mol. The normalized spacial score (nSPS) is 16.7. The van der Waals surface area contributed by atoms with E-state index in [9.17, 15) is 14.4 Å². The molecule has 2 heterocycles. The van der Waals surface area contributed by atoms with Crippen LogP contribution < -0.4 is 4.90 Å². The van der Waals surface area contributed by atoms with Crippen molar-refractivity contribution in [2.75, 3.05) is 51.7 Å². The van der Waals surface area contributed by atoms with Crippen LogP contribution in [0.15, 0.2) is 18.2 Å². The number of piperazine rings is 1. The Labute approximate surface area is 147 Å². The molecule has 1 fully saturated rings. The van der Waals surface area contributed by atoms with E-state index in [2.05, 4.69) is 0 Å². The van der Waals surface area contributed by atoms with Crippen LogP contribution in [-0.4, -0.2) is 79.4 Å². The molecule has 0 unspecified atom stereocenters. The van der Waals surface area contributed by atoms with Gasteiger partial charge in [-0.3, -0.25) is 9.59 Å². The molecule has 0 N–H and O–H groups in total. The van der Waals surface area contributed by atoms with Crippen molar-refractivity contribution in [1.82, 2.24) is 14.7 Å². The quantitative estimate of drug-likeness (QED) is 0.764. The van der Waals surface area contributed by atoms with Crippen LogP contribution in [0.2, 0.25) is 0 Å². The minimum atomic E-state index is -0.0195. The molecule has 0 spiro atoms. The Morgan fingerprint density at radius 2 is 1.60 bits per heavy atom. The lowest BCUT2D eigenvalue weighted by Crippen LogP contribution is -2.52. The molecule has 0 aliphatic carbocycles. The minimum absolute atomic E-state index is 0.0129. The minimum Gasteiger partial charge on any atom is -0.335 e. The van der Waals surface area contributed by atoms with Crippen LogP contribution in [0.25, 0.3) is 0 Å². The molecule has 0 atom stereocenters. The number of anilines is 1. The molecule has 3 rings (SSSR count). The molecule has 2 aliphatic heterocycles. The first-order chi connectivity index (χ1) is 11.9. The van der Waals surface area contributed by atoms with E-state index in [1.807, 2.05) is 12.1 Å². The molecule has 7 heteroatoms. The van der Waals surface area contributed by atoms with E-state index in [1.165, 1.54) is 0 Å². The predicted octanol–water partition coefficient (Wildman–Crippen LogP) is 1.04. The Morgan fingerprint density at radius 3 is 2.20 bits per heavy atom. The highest BCUT2D eigenvalue weighted by Gasteiger charge is 2.27. The lowest BCUT2D eigenvalue weighted by atomic mass is 10.1. The van der Waals surface area contributed by atoms with Gasteiger partial charge in [-0.15, -0.1) is 0 Å². The van der Waals surface area contributed by atoms with Crippen LogP contribution in [-0.2, 0) is 11.2 Å². The number of urea groups is 1. The molecule has 4 amide bonds. The molecule has 1 aromatic carbocycles. The zero-order chi connectivity index (χ0) is 18.1. The first kappa shape index (κ1) is 17.3. The second kappa shape index (κ2) is 6.74. The van der Waals surface area contributed by atoms with Gasteiger partial charge in [0.2, 0.25) is 5.91 Å². The largest absolute Gasteiger partial charge is 0.335 e. The Morgan fingerprint density at radius 1 is 0.960 bits per heavy atom. The lowest BCUT2D eigenvalue weighted by molar-refractivity contribution is -0.116. The Hall–Kier alpha value is -2.57. The molecule has 0 aromatic heterocycles. The van der Waals surface area contributed by atoms with Gasteiger partial charge >= 0.3 is 6.03 Å². The molecule has 0 bridgehead atoms. The summed E-state index contributed by atoms with van der Waals surface area (Å²) < 4.78 is 0. The van der Waals surface area contributed by atoms with E-state index in [0.717, 1.165) is 17.7 Å². The lowest BCUT2D eigenvalue weighted by Gasteiger charge is -2.36. The van der Waals surface area contributed by atoms with E-state index in [1.54, 1.807) is 46.7 Å². The monoisotopic (exact) mass is 344 g/mol. The third kappa shape index (κ3) is 3.31. The highest BCUT2D eigenvalue weighted by atomic mass is 16.2. The van der Waals surface area contributed by atoms with Crippen LogP contribution in [0.5, 0.6) is 0 Å². The molecule has 7 nitrogen and oxygen atoms in total. The molecule has 134 valence electrons. The van der Waals surface area contributed by atoms with Crippen LogP contribution in [0.4, 0.5) is 10.5 Å². The van der Waals surface area contributed by atoms with Crippen molar-refractivity contribution >= 4 is 23.5 Å². The van der Waals surface area contributed by atoms with Crippen LogP contribution in [0.3, 0.4) is 0 Å². The van der Waals surface area contributed by atoms with Crippen LogP contribution >= 0.6 is 0 Å². The summed E-state index contributed by atoms with van der Waals surface area (Å²) in [5.74, 6) is 0.0144. The number of carbonyl (C=O) groups is 3. The summed E-state index contributed by atoms with van der Waals surface area (Å²) in [6.45, 7) is 4.40. The van der Waals surface area contributed by atoms with Gasteiger partial charge in [0.25, 0.3) is 5.91 Å². The number of rotatable bonds is 1. The first-order valence-corrected chi connectivity index (χ1v) is 8.55. The third-order valence-electron chi connectivity index (χ3n) is 4.82. The average Bonchev–Trinajstić information content (AvgIpc) is 3.04. The van der Waals surface area contributed by atoms with Gasteiger partial charge in [0.05, 0.1) is 0 Å². The highest BCUT2D eigenvalue weighted by Crippen LogP contribution is 2.29. The summed E-state index contributed by atoms with van der Waals surface area (Å²) in [5.41, 5.74) is 2.60. The number of nitrogens with zero attached hydrogens (tertiary/aromatic N) is 4. The maximum Gasteiger partial charge on any atom is 0.319 e. The van der Waals surface area contributed by atoms with Gasteiger partial charge in [-0.1, -0.05) is 0 Å². The zero-order valence-corrected chi connectivity index (χ0v) is 15.0. The maximum absolute atomic E-state index is 12.8. The number of hydrogen-bond donors (Lipinski definition) is 0. The van der Waals surface area contributed by atoms with Crippen molar-refractivity contribution in [3.63, 3.8) is 0 Å². The molecule has 2 aliphatic rings. The van der Waals surface area contributed by atoms with Gasteiger partial charge < -0.3 is 19.6 Å². The second-order valence-corrected chi connectivity index (χ2v) is 6.72. The summed E-state index contributed by atoms with van der Waals surface area (Å²) in [7, 11) is 3.46. The molecule has 1 saturated heterocycles. The molecule has 0 radical (unpaired) electrons. The molecular weight excluding hydrogens is 320 g/mol. The van der Waals surface area contributed by atoms with Crippen molar-refractivity contribution < 1.29 is 14.4 Å². The van der Waals surface area contributed by atoms with Gasteiger partial charge in [0.15, 0.2) is 0 Å². The molecule has 1 aromatic rings. The fourth-order valence-electron chi connectivity index (χ4n) is 3.43. The van der Waals surface area contributed by atoms with Gasteiger partial charge in [-0.05, 0) is 30.2 Å². The summed E-state index contributed by atoms with van der Waals surface area (Å²) in [5, 5.41) is 0. The van der Waals surface area contributed by atoms with Crippen molar-refractivity contribution in [3.8, 4) is 0 Å². The van der Waals surface area contributed by atoms with Gasteiger partial charge in [0, 0.05) is 65.0 Å². The van der Waals surface area contributed by atoms with Crippen LogP contribution in [0.1, 0.15) is 22.8 Å². The maximum atomic E-state index is 12.8. The van der Waals surface area contributed by atoms with Crippen molar-refractivity contribution in [3.05, 3.63) is 29.3 Å². The fraction of sp³-hybridized carbons (Fsp3) is 0.500. The summed E-state index contributed by atoms with van der Waals surface area (Å²) in [4.78, 5) is 43.2. The smallest absolute Gasteiger partial charge is 0.319 e. The SMILES string of the molecule is CC(=O)N1CCc2cc(C(=O)N3CCN(C(=O)N(C)C)CC3)ccc21. The Bertz CT molecular complexity index is 708. The van der Waals surface area contributed by atoms with Gasteiger partial charge in [0.1, 0.15) is 0 Å². The molecule has 25 heavy (non-hydrogen) atoms. The standard InChI is InChI=1S/C18H24N4O3/c1-13(23)22-7-6-14-12-15(4-5-16(14)22)17(24)20-8-10-21(11-9-20)18(25)19(2)3/h4-5,12H,6-11H2,1-3H3. The number of carbonyl (C=O) groups excluding carboxylic acids is 3. The second-order valence-electron chi connectivity index (χ2n) is 6.72. The molecule has 0 saturated carbocycles. The van der Waals surface area contributed by atoms with E-state index < -0.39 is 0 Å². The Kier molecular flexibility index (Phi) is 4.65. The number of hydrogen-bond acceptors (Lipinski definition) is 3. The van der Waals surface area contributed by atoms with Gasteiger partial charge in [-0.25, -0.2) is 4.79 Å². The van der Waals surface area contributed by atoms with E-state index in [0.29, 0.717) is 38.3 Å². The van der Waals surface area contributed by atoms with E-state index in [-0.39, 0.29) is 17.8 Å². The zero-order valence-electron chi connectivity index (χ0n) is 15.0. The third-order valence-corrected chi connectivity index (χ3v) is 4.82. The van der Waals surface area contributed by atoms with E-state index in [4.69, 9.17) is 0 Å². The van der Waals surface area contributed by atoms with Gasteiger partial charge in [-0.2, -0.15) is 0 Å². The predicted molar refractivity (Wildman–Crippen MR) is 94.7 cm³/mol. The number of benzene rings is 1. The topological polar surface area (TPSA) is 64.2 Å². The van der Waals surface area contributed by atoms with Crippen LogP contribution in [0, 0.1) is 0 Å². The van der Waals surface area contributed by atoms with E-state index >= 15 is 0 Å². The highest BCUT2D eigenvalue weighted by molar-refractivity contribution is 5.98. The summed E-state index contributed by atoms with van der Waals surface area (Å²) in [6.07, 6.45) is 0.779. The summed E-state index contributed by atoms with van der Waals surface area (Å²) in [6, 6.07) is 5.54. The molecular formula is C18H24N4O3. The fourth-order valence-corrected chi connectivity index (χ4v) is 3.43. The number of fused-ring (bicyclic) bond motifs is 1. The van der Waals surface area contributed by atoms with Crippen molar-refractivity contribution in [2.45, 2.75) is 13.3 Å².